The third kappa shape index (κ3) is 4.84. The van der Waals surface area contributed by atoms with Crippen LogP contribution in [0.3, 0.4) is 0 Å². The number of fused-ring (bicyclic) bond motifs is 5. The van der Waals surface area contributed by atoms with Gasteiger partial charge in [0.25, 0.3) is 0 Å². The standard InChI is InChI=1S/C53H35N3/c1-4-14-37(15-5-1)52-55-48-22-12-13-23-49(48)56(52)43-28-26-36(27-29-43)44-30-31-45(39-24-25-40-35-54-33-32-38(40)34-39)51-50(44)46-20-10-11-21-47(46)53(51,41-16-6-2-7-17-41)42-18-8-3-9-19-42/h1-35H. The summed E-state index contributed by atoms with van der Waals surface area (Å²) >= 11 is 0. The molecule has 0 unspecified atom stereocenters. The monoisotopic (exact) mass is 713 g/mol. The Morgan fingerprint density at radius 1 is 0.446 bits per heavy atom. The van der Waals surface area contributed by atoms with Crippen LogP contribution in [0.4, 0.5) is 0 Å². The van der Waals surface area contributed by atoms with Gasteiger partial charge >= 0.3 is 0 Å². The van der Waals surface area contributed by atoms with E-state index in [0.29, 0.717) is 0 Å². The summed E-state index contributed by atoms with van der Waals surface area (Å²) in [4.78, 5) is 9.50. The fourth-order valence-electron chi connectivity index (χ4n) is 9.17. The number of hydrogen-bond acceptors (Lipinski definition) is 2. The first-order chi connectivity index (χ1) is 27.8. The number of rotatable bonds is 6. The fourth-order valence-corrected chi connectivity index (χ4v) is 9.17. The predicted octanol–water partition coefficient (Wildman–Crippen LogP) is 12.9. The molecule has 1 aliphatic carbocycles. The van der Waals surface area contributed by atoms with Crippen molar-refractivity contribution in [3.63, 3.8) is 0 Å². The van der Waals surface area contributed by atoms with Gasteiger partial charge in [-0.25, -0.2) is 4.98 Å². The van der Waals surface area contributed by atoms with Crippen molar-refractivity contribution in [2.75, 3.05) is 0 Å². The quantitative estimate of drug-likeness (QED) is 0.172. The molecule has 3 heteroatoms. The molecule has 0 saturated carbocycles. The molecule has 262 valence electrons. The third-order valence-electron chi connectivity index (χ3n) is 11.6. The lowest BCUT2D eigenvalue weighted by atomic mass is 9.66. The first-order valence-corrected chi connectivity index (χ1v) is 19.2. The molecule has 0 spiro atoms. The number of imidazole rings is 1. The molecule has 2 aromatic heterocycles. The average Bonchev–Trinajstić information content (AvgIpc) is 3.82. The topological polar surface area (TPSA) is 30.7 Å². The zero-order chi connectivity index (χ0) is 37.1. The van der Waals surface area contributed by atoms with Crippen LogP contribution in [0.5, 0.6) is 0 Å². The van der Waals surface area contributed by atoms with Gasteiger partial charge in [0.15, 0.2) is 0 Å². The van der Waals surface area contributed by atoms with E-state index >= 15 is 0 Å². The van der Waals surface area contributed by atoms with E-state index in [4.69, 9.17) is 4.98 Å². The van der Waals surface area contributed by atoms with E-state index in [1.807, 2.05) is 12.4 Å². The van der Waals surface area contributed by atoms with Gasteiger partial charge in [-0.3, -0.25) is 9.55 Å². The molecule has 1 aliphatic rings. The molecule has 0 fully saturated rings. The first kappa shape index (κ1) is 32.1. The number of benzene rings is 8. The van der Waals surface area contributed by atoms with Gasteiger partial charge in [0.1, 0.15) is 5.82 Å². The number of pyridine rings is 1. The summed E-state index contributed by atoms with van der Waals surface area (Å²) in [6, 6.07) is 72.7. The minimum Gasteiger partial charge on any atom is -0.292 e. The van der Waals surface area contributed by atoms with E-state index in [-0.39, 0.29) is 0 Å². The van der Waals surface area contributed by atoms with Crippen LogP contribution in [0.25, 0.3) is 72.3 Å². The molecule has 0 saturated heterocycles. The summed E-state index contributed by atoms with van der Waals surface area (Å²) in [5.74, 6) is 0.931. The molecule has 2 heterocycles. The second-order valence-corrected chi connectivity index (χ2v) is 14.5. The van der Waals surface area contributed by atoms with Crippen LogP contribution < -0.4 is 0 Å². The Labute approximate surface area is 325 Å². The van der Waals surface area contributed by atoms with Crippen molar-refractivity contribution in [1.82, 2.24) is 14.5 Å². The molecule has 0 atom stereocenters. The lowest BCUT2D eigenvalue weighted by Gasteiger charge is -2.35. The highest BCUT2D eigenvalue weighted by atomic mass is 15.1. The Hall–Kier alpha value is -7.36. The van der Waals surface area contributed by atoms with Crippen LogP contribution >= 0.6 is 0 Å². The molecule has 0 radical (unpaired) electrons. The molecule has 0 N–H and O–H groups in total. The van der Waals surface area contributed by atoms with E-state index in [1.54, 1.807) is 0 Å². The molecule has 0 bridgehead atoms. The van der Waals surface area contributed by atoms with Gasteiger partial charge < -0.3 is 0 Å². The van der Waals surface area contributed by atoms with E-state index in [0.717, 1.165) is 33.5 Å². The summed E-state index contributed by atoms with van der Waals surface area (Å²) < 4.78 is 2.28. The van der Waals surface area contributed by atoms with Gasteiger partial charge in [-0.1, -0.05) is 164 Å². The number of nitrogens with zero attached hydrogens (tertiary/aromatic N) is 3. The van der Waals surface area contributed by atoms with E-state index in [2.05, 4.69) is 210 Å². The van der Waals surface area contributed by atoms with Gasteiger partial charge in [0.2, 0.25) is 0 Å². The zero-order valence-electron chi connectivity index (χ0n) is 30.5. The maximum Gasteiger partial charge on any atom is 0.145 e. The average molecular weight is 714 g/mol. The summed E-state index contributed by atoms with van der Waals surface area (Å²) in [5.41, 5.74) is 16.1. The smallest absolute Gasteiger partial charge is 0.145 e. The minimum atomic E-state index is -0.562. The maximum absolute atomic E-state index is 5.10. The SMILES string of the molecule is c1ccc(-c2nc3ccccc3n2-c2ccc(-c3ccc(-c4ccc5cnccc5c4)c4c3-c3ccccc3C4(c3ccccc3)c3ccccc3)cc2)cc1. The lowest BCUT2D eigenvalue weighted by Crippen LogP contribution is -2.29. The van der Waals surface area contributed by atoms with Gasteiger partial charge in [-0.15, -0.1) is 0 Å². The highest BCUT2D eigenvalue weighted by Gasteiger charge is 2.48. The molecule has 8 aromatic carbocycles. The van der Waals surface area contributed by atoms with Gasteiger partial charge in [-0.05, 0) is 97.4 Å². The molecule has 0 aliphatic heterocycles. The van der Waals surface area contributed by atoms with E-state index in [9.17, 15) is 0 Å². The molecule has 56 heavy (non-hydrogen) atoms. The van der Waals surface area contributed by atoms with Crippen LogP contribution in [0.1, 0.15) is 22.3 Å². The first-order valence-electron chi connectivity index (χ1n) is 19.2. The van der Waals surface area contributed by atoms with Crippen molar-refractivity contribution >= 4 is 21.8 Å². The minimum absolute atomic E-state index is 0.562. The molecule has 10 aromatic rings. The summed E-state index contributed by atoms with van der Waals surface area (Å²) in [5, 5.41) is 2.31. The van der Waals surface area contributed by atoms with Crippen molar-refractivity contribution in [2.45, 2.75) is 5.41 Å². The van der Waals surface area contributed by atoms with Crippen molar-refractivity contribution in [2.24, 2.45) is 0 Å². The fraction of sp³-hybridized carbons (Fsp3) is 0.0189. The second kappa shape index (κ2) is 12.9. The predicted molar refractivity (Wildman–Crippen MR) is 230 cm³/mol. The van der Waals surface area contributed by atoms with Crippen molar-refractivity contribution in [3.8, 4) is 50.5 Å². The van der Waals surface area contributed by atoms with Crippen LogP contribution in [0.15, 0.2) is 213 Å². The van der Waals surface area contributed by atoms with Crippen molar-refractivity contribution in [1.29, 1.82) is 0 Å². The third-order valence-corrected chi connectivity index (χ3v) is 11.6. The van der Waals surface area contributed by atoms with Crippen molar-refractivity contribution in [3.05, 3.63) is 235 Å². The molecular formula is C53H35N3. The molecule has 11 rings (SSSR count). The van der Waals surface area contributed by atoms with Crippen molar-refractivity contribution < 1.29 is 0 Å². The van der Waals surface area contributed by atoms with Gasteiger partial charge in [0.05, 0.1) is 16.4 Å². The molecular weight excluding hydrogens is 679 g/mol. The number of aromatic nitrogens is 3. The Morgan fingerprint density at radius 3 is 1.86 bits per heavy atom. The van der Waals surface area contributed by atoms with Gasteiger partial charge in [-0.2, -0.15) is 0 Å². The Balaban J connectivity index is 1.19. The largest absolute Gasteiger partial charge is 0.292 e. The second-order valence-electron chi connectivity index (χ2n) is 14.5. The molecule has 0 amide bonds. The van der Waals surface area contributed by atoms with Crippen LogP contribution in [-0.4, -0.2) is 14.5 Å². The van der Waals surface area contributed by atoms with Crippen LogP contribution in [0, 0.1) is 0 Å². The van der Waals surface area contributed by atoms with E-state index in [1.165, 1.54) is 61.0 Å². The maximum atomic E-state index is 5.10. The summed E-state index contributed by atoms with van der Waals surface area (Å²) in [7, 11) is 0. The van der Waals surface area contributed by atoms with Crippen LogP contribution in [-0.2, 0) is 5.41 Å². The Morgan fingerprint density at radius 2 is 1.09 bits per heavy atom. The number of hydrogen-bond donors (Lipinski definition) is 0. The summed E-state index contributed by atoms with van der Waals surface area (Å²) in [6.07, 6.45) is 3.83. The van der Waals surface area contributed by atoms with E-state index < -0.39 is 5.41 Å². The number of para-hydroxylation sites is 2. The van der Waals surface area contributed by atoms with Gasteiger partial charge in [0, 0.05) is 29.0 Å². The molecule has 3 nitrogen and oxygen atoms in total. The highest BCUT2D eigenvalue weighted by molar-refractivity contribution is 6.01. The lowest BCUT2D eigenvalue weighted by molar-refractivity contribution is 0.770. The Bertz CT molecular complexity index is 3020. The Kier molecular flexibility index (Phi) is 7.39. The van der Waals surface area contributed by atoms with Crippen LogP contribution in [0.2, 0.25) is 0 Å². The highest BCUT2D eigenvalue weighted by Crippen LogP contribution is 2.60. The summed E-state index contributed by atoms with van der Waals surface area (Å²) in [6.45, 7) is 0. The zero-order valence-corrected chi connectivity index (χ0v) is 30.5. The normalized spacial score (nSPS) is 12.8.